The maximum atomic E-state index is 11.5. The van der Waals surface area contributed by atoms with Gasteiger partial charge in [-0.1, -0.05) is 6.92 Å². The van der Waals surface area contributed by atoms with Crippen molar-refractivity contribution in [2.75, 3.05) is 13.2 Å². The Morgan fingerprint density at radius 2 is 2.14 bits per heavy atom. The fraction of sp³-hybridized carbons (Fsp3) is 0.909. The molecule has 0 aromatic rings. The smallest absolute Gasteiger partial charge is 0.228 e. The van der Waals surface area contributed by atoms with Crippen molar-refractivity contribution in [2.24, 2.45) is 11.3 Å². The summed E-state index contributed by atoms with van der Waals surface area (Å²) in [6.45, 7) is 5.91. The van der Waals surface area contributed by atoms with Gasteiger partial charge in [-0.3, -0.25) is 4.79 Å². The van der Waals surface area contributed by atoms with Gasteiger partial charge >= 0.3 is 0 Å². The molecule has 2 fully saturated rings. The normalized spacial score (nSPS) is 39.0. The lowest BCUT2D eigenvalue weighted by molar-refractivity contribution is -0.149. The molecule has 2 heterocycles. The Bertz CT molecular complexity index is 235. The molecule has 0 radical (unpaired) electrons. The number of carbonyl (C=O) groups is 1. The average Bonchev–Trinajstić information content (AvgIpc) is 2.25. The van der Waals surface area contributed by atoms with E-state index in [2.05, 4.69) is 19.2 Å². The number of hydrogen-bond donors (Lipinski definition) is 1. The molecular weight excluding hydrogens is 178 g/mol. The van der Waals surface area contributed by atoms with Gasteiger partial charge in [0.25, 0.3) is 0 Å². The highest BCUT2D eigenvalue weighted by Gasteiger charge is 2.52. The van der Waals surface area contributed by atoms with Crippen LogP contribution in [0.2, 0.25) is 0 Å². The third-order valence-electron chi connectivity index (χ3n) is 3.96. The fourth-order valence-electron chi connectivity index (χ4n) is 2.60. The molecule has 2 saturated heterocycles. The van der Waals surface area contributed by atoms with Gasteiger partial charge in [-0.25, -0.2) is 0 Å². The molecule has 0 saturated carbocycles. The van der Waals surface area contributed by atoms with E-state index in [1.807, 2.05) is 0 Å². The zero-order valence-corrected chi connectivity index (χ0v) is 9.01. The van der Waals surface area contributed by atoms with E-state index in [0.29, 0.717) is 12.0 Å². The largest absolute Gasteiger partial charge is 0.381 e. The van der Waals surface area contributed by atoms with E-state index >= 15 is 0 Å². The lowest BCUT2D eigenvalue weighted by Crippen LogP contribution is -2.68. The molecule has 2 aliphatic rings. The van der Waals surface area contributed by atoms with Crippen LogP contribution in [0.15, 0.2) is 0 Å². The van der Waals surface area contributed by atoms with Crippen LogP contribution < -0.4 is 5.32 Å². The van der Waals surface area contributed by atoms with Gasteiger partial charge in [0, 0.05) is 19.3 Å². The summed E-state index contributed by atoms with van der Waals surface area (Å²) in [5, 5.41) is 3.06. The third-order valence-corrected chi connectivity index (χ3v) is 3.96. The predicted molar refractivity (Wildman–Crippen MR) is 53.9 cm³/mol. The molecule has 2 atom stereocenters. The van der Waals surface area contributed by atoms with Crippen molar-refractivity contribution in [3.63, 3.8) is 0 Å². The van der Waals surface area contributed by atoms with Crippen molar-refractivity contribution in [1.82, 2.24) is 5.32 Å². The van der Waals surface area contributed by atoms with Crippen LogP contribution in [-0.2, 0) is 9.53 Å². The molecule has 80 valence electrons. The van der Waals surface area contributed by atoms with Crippen molar-refractivity contribution >= 4 is 5.91 Å². The van der Waals surface area contributed by atoms with Crippen molar-refractivity contribution in [1.29, 1.82) is 0 Å². The van der Waals surface area contributed by atoms with E-state index in [0.717, 1.165) is 32.5 Å². The summed E-state index contributed by atoms with van der Waals surface area (Å²) >= 11 is 0. The number of rotatable bonds is 2. The highest BCUT2D eigenvalue weighted by atomic mass is 16.5. The highest BCUT2D eigenvalue weighted by Crippen LogP contribution is 2.40. The summed E-state index contributed by atoms with van der Waals surface area (Å²) in [7, 11) is 0. The third kappa shape index (κ3) is 1.34. The van der Waals surface area contributed by atoms with Gasteiger partial charge in [-0.15, -0.1) is 0 Å². The Balaban J connectivity index is 2.01. The lowest BCUT2D eigenvalue weighted by Gasteiger charge is -2.50. The topological polar surface area (TPSA) is 38.3 Å². The van der Waals surface area contributed by atoms with Crippen LogP contribution in [0.5, 0.6) is 0 Å². The van der Waals surface area contributed by atoms with Crippen molar-refractivity contribution < 1.29 is 9.53 Å². The molecule has 0 aromatic heterocycles. The van der Waals surface area contributed by atoms with Crippen LogP contribution in [0, 0.1) is 11.3 Å². The van der Waals surface area contributed by atoms with Crippen LogP contribution in [0.1, 0.15) is 33.1 Å². The summed E-state index contributed by atoms with van der Waals surface area (Å²) in [6.07, 6.45) is 3.14. The lowest BCUT2D eigenvalue weighted by atomic mass is 9.65. The average molecular weight is 197 g/mol. The zero-order valence-electron chi connectivity index (χ0n) is 9.01. The Hall–Kier alpha value is -0.570. The molecule has 2 rings (SSSR count). The Morgan fingerprint density at radius 3 is 2.64 bits per heavy atom. The summed E-state index contributed by atoms with van der Waals surface area (Å²) in [5.41, 5.74) is -0.109. The number of amides is 1. The number of β-lactam (4-membered cyclic amide) rings is 1. The highest BCUT2D eigenvalue weighted by molar-refractivity contribution is 5.89. The Morgan fingerprint density at radius 1 is 1.50 bits per heavy atom. The van der Waals surface area contributed by atoms with Gasteiger partial charge < -0.3 is 10.1 Å². The summed E-state index contributed by atoms with van der Waals surface area (Å²) in [4.78, 5) is 11.5. The van der Waals surface area contributed by atoms with Crippen LogP contribution in [-0.4, -0.2) is 25.2 Å². The van der Waals surface area contributed by atoms with E-state index in [4.69, 9.17) is 4.74 Å². The quantitative estimate of drug-likeness (QED) is 0.678. The first-order valence-electron chi connectivity index (χ1n) is 5.57. The van der Waals surface area contributed by atoms with Crippen LogP contribution in [0.4, 0.5) is 0 Å². The Labute approximate surface area is 85.2 Å². The minimum Gasteiger partial charge on any atom is -0.381 e. The molecule has 0 bridgehead atoms. The summed E-state index contributed by atoms with van der Waals surface area (Å²) in [6, 6.07) is 0.392. The molecule has 3 nitrogen and oxygen atoms in total. The standard InChI is InChI=1S/C11H19NO2/c1-3-11(2)9(12-10(11)13)8-4-6-14-7-5-8/h8-9H,3-7H2,1-2H3,(H,12,13). The second kappa shape index (κ2) is 3.54. The van der Waals surface area contributed by atoms with Crippen molar-refractivity contribution in [3.8, 4) is 0 Å². The Kier molecular flexibility index (Phi) is 2.52. The van der Waals surface area contributed by atoms with Gasteiger partial charge in [0.05, 0.1) is 5.41 Å². The summed E-state index contributed by atoms with van der Waals surface area (Å²) < 4.78 is 5.33. The second-order valence-electron chi connectivity index (χ2n) is 4.67. The number of carbonyl (C=O) groups excluding carboxylic acids is 1. The van der Waals surface area contributed by atoms with Gasteiger partial charge in [-0.2, -0.15) is 0 Å². The van der Waals surface area contributed by atoms with Crippen molar-refractivity contribution in [2.45, 2.75) is 39.2 Å². The minimum absolute atomic E-state index is 0.109. The van der Waals surface area contributed by atoms with E-state index in [1.54, 1.807) is 0 Å². The number of hydrogen-bond acceptors (Lipinski definition) is 2. The van der Waals surface area contributed by atoms with E-state index < -0.39 is 0 Å². The molecule has 2 aliphatic heterocycles. The molecule has 1 N–H and O–H groups in total. The molecule has 0 spiro atoms. The minimum atomic E-state index is -0.109. The number of nitrogens with one attached hydrogen (secondary N) is 1. The molecule has 1 amide bonds. The van der Waals surface area contributed by atoms with Crippen LogP contribution in [0.3, 0.4) is 0 Å². The molecular formula is C11H19NO2. The first-order valence-corrected chi connectivity index (χ1v) is 5.57. The number of ether oxygens (including phenoxy) is 1. The zero-order chi connectivity index (χ0) is 10.2. The fourth-order valence-corrected chi connectivity index (χ4v) is 2.60. The van der Waals surface area contributed by atoms with Gasteiger partial charge in [0.15, 0.2) is 0 Å². The molecule has 2 unspecified atom stereocenters. The van der Waals surface area contributed by atoms with Crippen molar-refractivity contribution in [3.05, 3.63) is 0 Å². The maximum absolute atomic E-state index is 11.5. The molecule has 0 aromatic carbocycles. The van der Waals surface area contributed by atoms with Gasteiger partial charge in [0.2, 0.25) is 5.91 Å². The van der Waals surface area contributed by atoms with Gasteiger partial charge in [-0.05, 0) is 32.1 Å². The van der Waals surface area contributed by atoms with Crippen LogP contribution >= 0.6 is 0 Å². The molecule has 0 aliphatic carbocycles. The van der Waals surface area contributed by atoms with Gasteiger partial charge in [0.1, 0.15) is 0 Å². The second-order valence-corrected chi connectivity index (χ2v) is 4.67. The maximum Gasteiger partial charge on any atom is 0.228 e. The first-order chi connectivity index (χ1) is 6.68. The molecule has 3 heteroatoms. The van der Waals surface area contributed by atoms with E-state index in [1.165, 1.54) is 0 Å². The molecule has 14 heavy (non-hydrogen) atoms. The first kappa shape index (κ1) is 9.97. The predicted octanol–water partition coefficient (Wildman–Crippen LogP) is 1.33. The SMILES string of the molecule is CCC1(C)C(=O)NC1C1CCOCC1. The summed E-state index contributed by atoms with van der Waals surface area (Å²) in [5.74, 6) is 0.864. The van der Waals surface area contributed by atoms with E-state index in [9.17, 15) is 4.79 Å². The van der Waals surface area contributed by atoms with Crippen LogP contribution in [0.25, 0.3) is 0 Å². The van der Waals surface area contributed by atoms with E-state index in [-0.39, 0.29) is 11.3 Å². The monoisotopic (exact) mass is 197 g/mol.